The molecular formula is C11H8BrNO2. The van der Waals surface area contributed by atoms with Crippen molar-refractivity contribution in [2.75, 3.05) is 0 Å². The van der Waals surface area contributed by atoms with Crippen molar-refractivity contribution in [1.29, 1.82) is 0 Å². The molecular weight excluding hydrogens is 258 g/mol. The van der Waals surface area contributed by atoms with Crippen LogP contribution >= 0.6 is 15.9 Å². The number of rotatable bonds is 1. The van der Waals surface area contributed by atoms with Crippen molar-refractivity contribution in [2.24, 2.45) is 0 Å². The fourth-order valence-electron chi connectivity index (χ4n) is 1.53. The predicted octanol–water partition coefficient (Wildman–Crippen LogP) is 2.72. The van der Waals surface area contributed by atoms with E-state index in [0.717, 1.165) is 15.2 Å². The molecule has 2 rings (SSSR count). The first-order chi connectivity index (χ1) is 7.24. The first kappa shape index (κ1) is 10.1. The molecule has 0 fully saturated rings. The van der Waals surface area contributed by atoms with Crippen molar-refractivity contribution < 1.29 is 10.0 Å². The van der Waals surface area contributed by atoms with Crippen molar-refractivity contribution in [3.63, 3.8) is 0 Å². The number of carbonyl (C=O) groups is 1. The fraction of sp³-hybridized carbons (Fsp3) is 0. The van der Waals surface area contributed by atoms with Gasteiger partial charge in [-0.3, -0.25) is 10.0 Å². The molecule has 0 saturated carbocycles. The molecule has 0 aliphatic rings. The minimum Gasteiger partial charge on any atom is -0.288 e. The smallest absolute Gasteiger partial charge is 0.275 e. The highest BCUT2D eigenvalue weighted by Crippen LogP contribution is 2.26. The van der Waals surface area contributed by atoms with E-state index in [0.29, 0.717) is 5.56 Å². The number of hydroxylamine groups is 1. The fourth-order valence-corrected chi connectivity index (χ4v) is 2.03. The van der Waals surface area contributed by atoms with Gasteiger partial charge in [0.15, 0.2) is 0 Å². The van der Waals surface area contributed by atoms with Crippen LogP contribution in [0, 0.1) is 0 Å². The van der Waals surface area contributed by atoms with Gasteiger partial charge in [0, 0.05) is 10.0 Å². The van der Waals surface area contributed by atoms with Crippen molar-refractivity contribution >= 4 is 32.6 Å². The Morgan fingerprint density at radius 1 is 1.13 bits per heavy atom. The lowest BCUT2D eigenvalue weighted by Crippen LogP contribution is -2.18. The normalized spacial score (nSPS) is 10.3. The summed E-state index contributed by atoms with van der Waals surface area (Å²) >= 11 is 3.41. The van der Waals surface area contributed by atoms with Gasteiger partial charge in [0.05, 0.1) is 0 Å². The van der Waals surface area contributed by atoms with Crippen LogP contribution in [-0.4, -0.2) is 11.1 Å². The van der Waals surface area contributed by atoms with Gasteiger partial charge in [-0.25, -0.2) is 5.48 Å². The number of halogens is 1. The van der Waals surface area contributed by atoms with E-state index in [9.17, 15) is 4.79 Å². The number of amides is 1. The van der Waals surface area contributed by atoms with E-state index in [1.54, 1.807) is 17.6 Å². The van der Waals surface area contributed by atoms with Crippen molar-refractivity contribution in [3.8, 4) is 0 Å². The molecule has 2 N–H and O–H groups in total. The van der Waals surface area contributed by atoms with Crippen LogP contribution in [-0.2, 0) is 0 Å². The third-order valence-corrected chi connectivity index (χ3v) is 2.91. The lowest BCUT2D eigenvalue weighted by Gasteiger charge is -2.05. The van der Waals surface area contributed by atoms with Crippen molar-refractivity contribution in [2.45, 2.75) is 0 Å². The van der Waals surface area contributed by atoms with Crippen LogP contribution in [0.15, 0.2) is 40.9 Å². The van der Waals surface area contributed by atoms with Gasteiger partial charge in [-0.15, -0.1) is 0 Å². The number of nitrogens with one attached hydrogen (secondary N) is 1. The number of benzene rings is 2. The summed E-state index contributed by atoms with van der Waals surface area (Å²) in [6.07, 6.45) is 0. The lowest BCUT2D eigenvalue weighted by molar-refractivity contribution is 0.0708. The number of carbonyl (C=O) groups excluding carboxylic acids is 1. The van der Waals surface area contributed by atoms with Gasteiger partial charge in [0.2, 0.25) is 0 Å². The molecule has 3 nitrogen and oxygen atoms in total. The molecule has 1 amide bonds. The van der Waals surface area contributed by atoms with Gasteiger partial charge in [0.25, 0.3) is 5.91 Å². The van der Waals surface area contributed by atoms with E-state index in [4.69, 9.17) is 5.21 Å². The zero-order valence-electron chi connectivity index (χ0n) is 7.70. The number of fused-ring (bicyclic) bond motifs is 1. The van der Waals surface area contributed by atoms with Crippen LogP contribution in [0.5, 0.6) is 0 Å². The third-order valence-electron chi connectivity index (χ3n) is 2.22. The summed E-state index contributed by atoms with van der Waals surface area (Å²) in [6, 6.07) is 10.9. The molecule has 0 aromatic heterocycles. The summed E-state index contributed by atoms with van der Waals surface area (Å²) in [5, 5.41) is 10.4. The molecule has 76 valence electrons. The molecule has 0 heterocycles. The molecule has 0 bridgehead atoms. The van der Waals surface area contributed by atoms with Gasteiger partial charge in [-0.2, -0.15) is 0 Å². The van der Waals surface area contributed by atoms with Crippen LogP contribution in [0.1, 0.15) is 10.4 Å². The van der Waals surface area contributed by atoms with Gasteiger partial charge >= 0.3 is 0 Å². The minimum absolute atomic E-state index is 0.455. The van der Waals surface area contributed by atoms with E-state index >= 15 is 0 Å². The zero-order chi connectivity index (χ0) is 10.8. The highest BCUT2D eigenvalue weighted by atomic mass is 79.9. The maximum absolute atomic E-state index is 11.4. The molecule has 4 heteroatoms. The molecule has 0 spiro atoms. The largest absolute Gasteiger partial charge is 0.288 e. The van der Waals surface area contributed by atoms with E-state index in [1.807, 2.05) is 24.3 Å². The topological polar surface area (TPSA) is 49.3 Å². The summed E-state index contributed by atoms with van der Waals surface area (Å²) < 4.78 is 0.924. The van der Waals surface area contributed by atoms with Crippen LogP contribution < -0.4 is 5.48 Å². The van der Waals surface area contributed by atoms with Crippen LogP contribution in [0.3, 0.4) is 0 Å². The average molecular weight is 266 g/mol. The Kier molecular flexibility index (Phi) is 2.70. The molecule has 2 aromatic rings. The molecule has 0 saturated heterocycles. The second-order valence-corrected chi connectivity index (χ2v) is 3.94. The zero-order valence-corrected chi connectivity index (χ0v) is 9.28. The highest BCUT2D eigenvalue weighted by molar-refractivity contribution is 9.10. The summed E-state index contributed by atoms with van der Waals surface area (Å²) in [4.78, 5) is 11.4. The first-order valence-electron chi connectivity index (χ1n) is 4.35. The Morgan fingerprint density at radius 2 is 1.80 bits per heavy atom. The summed E-state index contributed by atoms with van der Waals surface area (Å²) in [6.45, 7) is 0. The Labute approximate surface area is 94.8 Å². The SMILES string of the molecule is O=C(NO)c1cccc2c(Br)cccc12. The van der Waals surface area contributed by atoms with Gasteiger partial charge in [-0.1, -0.05) is 40.2 Å². The van der Waals surface area contributed by atoms with Crippen molar-refractivity contribution in [3.05, 3.63) is 46.4 Å². The highest BCUT2D eigenvalue weighted by Gasteiger charge is 2.09. The maximum Gasteiger partial charge on any atom is 0.275 e. The van der Waals surface area contributed by atoms with E-state index in [2.05, 4.69) is 15.9 Å². The van der Waals surface area contributed by atoms with Crippen LogP contribution in [0.2, 0.25) is 0 Å². The van der Waals surface area contributed by atoms with Crippen LogP contribution in [0.25, 0.3) is 10.8 Å². The third kappa shape index (κ3) is 1.73. The van der Waals surface area contributed by atoms with E-state index < -0.39 is 5.91 Å². The van der Waals surface area contributed by atoms with Gasteiger partial charge in [0.1, 0.15) is 0 Å². The Balaban J connectivity index is 2.77. The summed E-state index contributed by atoms with van der Waals surface area (Å²) in [5.74, 6) is -0.501. The van der Waals surface area contributed by atoms with E-state index in [1.165, 1.54) is 0 Å². The Bertz CT molecular complexity index is 525. The second-order valence-electron chi connectivity index (χ2n) is 3.08. The average Bonchev–Trinajstić information content (AvgIpc) is 2.28. The monoisotopic (exact) mass is 265 g/mol. The Morgan fingerprint density at radius 3 is 2.53 bits per heavy atom. The van der Waals surface area contributed by atoms with Crippen molar-refractivity contribution in [1.82, 2.24) is 5.48 Å². The molecule has 0 aliphatic carbocycles. The number of hydrogen-bond donors (Lipinski definition) is 2. The van der Waals surface area contributed by atoms with Gasteiger partial charge in [-0.05, 0) is 22.9 Å². The first-order valence-corrected chi connectivity index (χ1v) is 5.15. The molecule has 0 aliphatic heterocycles. The lowest BCUT2D eigenvalue weighted by atomic mass is 10.0. The maximum atomic E-state index is 11.4. The standard InChI is InChI=1S/C11H8BrNO2/c12-10-6-2-3-7-8(10)4-1-5-9(7)11(14)13-15/h1-6,15H,(H,13,14). The second kappa shape index (κ2) is 4.00. The van der Waals surface area contributed by atoms with Crippen LogP contribution in [0.4, 0.5) is 0 Å². The molecule has 0 unspecified atom stereocenters. The molecule has 2 aromatic carbocycles. The van der Waals surface area contributed by atoms with Gasteiger partial charge < -0.3 is 0 Å². The summed E-state index contributed by atoms with van der Waals surface area (Å²) in [7, 11) is 0. The molecule has 0 radical (unpaired) electrons. The quantitative estimate of drug-likeness (QED) is 0.616. The summed E-state index contributed by atoms with van der Waals surface area (Å²) in [5.41, 5.74) is 2.09. The minimum atomic E-state index is -0.501. The number of hydrogen-bond acceptors (Lipinski definition) is 2. The Hall–Kier alpha value is -1.39. The predicted molar refractivity (Wildman–Crippen MR) is 60.9 cm³/mol. The molecule has 0 atom stereocenters. The van der Waals surface area contributed by atoms with E-state index in [-0.39, 0.29) is 0 Å². The molecule has 15 heavy (non-hydrogen) atoms.